The molecule has 0 atom stereocenters. The van der Waals surface area contributed by atoms with Gasteiger partial charge in [0.1, 0.15) is 17.2 Å². The van der Waals surface area contributed by atoms with Gasteiger partial charge in [0.25, 0.3) is 11.5 Å². The first-order valence-electron chi connectivity index (χ1n) is 11.0. The van der Waals surface area contributed by atoms with Crippen molar-refractivity contribution in [2.45, 2.75) is 20.8 Å². The Hall–Kier alpha value is -3.98. The first-order chi connectivity index (χ1) is 16.6. The van der Waals surface area contributed by atoms with Crippen LogP contribution in [0.25, 0.3) is 0 Å². The zero-order valence-electron chi connectivity index (χ0n) is 20.4. The van der Waals surface area contributed by atoms with E-state index in [0.717, 1.165) is 5.56 Å². The Morgan fingerprint density at radius 3 is 2.43 bits per heavy atom. The molecule has 1 heterocycles. The van der Waals surface area contributed by atoms with Gasteiger partial charge >= 0.3 is 0 Å². The van der Waals surface area contributed by atoms with Crippen LogP contribution in [0.2, 0.25) is 0 Å². The largest absolute Gasteiger partial charge is 0.395 e. The van der Waals surface area contributed by atoms with E-state index in [2.05, 4.69) is 5.32 Å². The third-order valence-corrected chi connectivity index (χ3v) is 5.79. The van der Waals surface area contributed by atoms with E-state index in [0.29, 0.717) is 17.7 Å². The number of halogens is 1. The number of hydrogen-bond donors (Lipinski definition) is 2. The number of carbonyl (C=O) groups is 2. The fourth-order valence-electron chi connectivity index (χ4n) is 3.88. The van der Waals surface area contributed by atoms with Crippen LogP contribution in [0.5, 0.6) is 0 Å². The maximum atomic E-state index is 14.7. The summed E-state index contributed by atoms with van der Waals surface area (Å²) in [5, 5.41) is 12.3. The summed E-state index contributed by atoms with van der Waals surface area (Å²) in [6.45, 7) is 4.87. The van der Waals surface area contributed by atoms with Crippen molar-refractivity contribution in [3.8, 4) is 0 Å². The number of pyridine rings is 1. The first-order valence-corrected chi connectivity index (χ1v) is 11.0. The lowest BCUT2D eigenvalue weighted by atomic mass is 10.1. The Labute approximate surface area is 203 Å². The Bertz CT molecular complexity index is 1340. The van der Waals surface area contributed by atoms with E-state index in [1.54, 1.807) is 31.2 Å². The van der Waals surface area contributed by atoms with Gasteiger partial charge in [-0.2, -0.15) is 0 Å². The summed E-state index contributed by atoms with van der Waals surface area (Å²) in [7, 11) is 2.96. The lowest BCUT2D eigenvalue weighted by Crippen LogP contribution is -2.36. The van der Waals surface area contributed by atoms with Gasteiger partial charge in [-0.25, -0.2) is 4.39 Å². The van der Waals surface area contributed by atoms with Crippen LogP contribution in [0, 0.1) is 26.6 Å². The van der Waals surface area contributed by atoms with Gasteiger partial charge in [-0.05, 0) is 56.2 Å². The lowest BCUT2D eigenvalue weighted by Gasteiger charge is -2.28. The molecule has 2 amide bonds. The van der Waals surface area contributed by atoms with E-state index >= 15 is 0 Å². The highest BCUT2D eigenvalue weighted by atomic mass is 19.1. The number of carbonyl (C=O) groups excluding carboxylic acids is 2. The number of amides is 2. The van der Waals surface area contributed by atoms with E-state index in [4.69, 9.17) is 0 Å². The number of aryl methyl sites for hydroxylation is 2. The van der Waals surface area contributed by atoms with Gasteiger partial charge in [0.05, 0.1) is 18.0 Å². The number of hydrogen-bond acceptors (Lipinski definition) is 5. The molecule has 0 bridgehead atoms. The average Bonchev–Trinajstić information content (AvgIpc) is 2.82. The molecule has 0 fully saturated rings. The van der Waals surface area contributed by atoms with E-state index in [-0.39, 0.29) is 41.5 Å². The van der Waals surface area contributed by atoms with Gasteiger partial charge in [0, 0.05) is 31.9 Å². The van der Waals surface area contributed by atoms with Crippen LogP contribution >= 0.6 is 0 Å². The molecule has 9 heteroatoms. The van der Waals surface area contributed by atoms with Gasteiger partial charge in [0.15, 0.2) is 0 Å². The molecule has 0 unspecified atom stereocenters. The molecule has 0 saturated carbocycles. The molecule has 2 aromatic carbocycles. The van der Waals surface area contributed by atoms with Crippen molar-refractivity contribution in [1.82, 2.24) is 9.47 Å². The number of likely N-dealkylation sites (N-methyl/N-ethyl adjacent to an activating group) is 1. The number of nitrogens with one attached hydrogen (secondary N) is 1. The topological polar surface area (TPSA) is 94.9 Å². The highest BCUT2D eigenvalue weighted by Gasteiger charge is 2.30. The third kappa shape index (κ3) is 5.09. The molecule has 35 heavy (non-hydrogen) atoms. The molecule has 0 aliphatic rings. The van der Waals surface area contributed by atoms with Crippen LogP contribution in [0.1, 0.15) is 27.0 Å². The fourth-order valence-corrected chi connectivity index (χ4v) is 3.88. The number of benzene rings is 2. The molecule has 2 N–H and O–H groups in total. The fraction of sp³-hybridized carbons (Fsp3) is 0.269. The normalized spacial score (nSPS) is 10.7. The Balaban J connectivity index is 2.38. The van der Waals surface area contributed by atoms with Gasteiger partial charge in [0.2, 0.25) is 6.41 Å². The molecule has 1 aromatic heterocycles. The molecule has 184 valence electrons. The number of rotatable bonds is 8. The predicted octanol–water partition coefficient (Wildman–Crippen LogP) is 3.55. The van der Waals surface area contributed by atoms with Crippen molar-refractivity contribution in [3.05, 3.63) is 80.9 Å². The highest BCUT2D eigenvalue weighted by molar-refractivity contribution is 6.08. The molecular formula is C26H29FN4O4. The molecule has 0 aliphatic carbocycles. The summed E-state index contributed by atoms with van der Waals surface area (Å²) in [5.41, 5.74) is 1.88. The van der Waals surface area contributed by atoms with Crippen LogP contribution in [-0.2, 0) is 11.8 Å². The smallest absolute Gasteiger partial charge is 0.259 e. The molecule has 0 saturated heterocycles. The zero-order chi connectivity index (χ0) is 25.9. The molecule has 3 rings (SSSR count). The van der Waals surface area contributed by atoms with Crippen LogP contribution in [0.4, 0.5) is 27.3 Å². The van der Waals surface area contributed by atoms with Crippen molar-refractivity contribution >= 4 is 35.2 Å². The minimum absolute atomic E-state index is 0.00543. The van der Waals surface area contributed by atoms with Crippen LogP contribution in [-0.4, -0.2) is 47.1 Å². The summed E-state index contributed by atoms with van der Waals surface area (Å²) in [4.78, 5) is 41.8. The highest BCUT2D eigenvalue weighted by Crippen LogP contribution is 2.36. The minimum Gasteiger partial charge on any atom is -0.395 e. The predicted molar refractivity (Wildman–Crippen MR) is 134 cm³/mol. The van der Waals surface area contributed by atoms with Crippen molar-refractivity contribution in [1.29, 1.82) is 0 Å². The number of nitrogens with zero attached hydrogens (tertiary/aromatic N) is 3. The van der Waals surface area contributed by atoms with Gasteiger partial charge in [-0.3, -0.25) is 23.9 Å². The van der Waals surface area contributed by atoms with Crippen molar-refractivity contribution in [2.75, 3.05) is 30.4 Å². The average molecular weight is 481 g/mol. The second kappa shape index (κ2) is 10.5. The van der Waals surface area contributed by atoms with E-state index in [1.165, 1.54) is 47.5 Å². The zero-order valence-corrected chi connectivity index (χ0v) is 20.4. The van der Waals surface area contributed by atoms with E-state index < -0.39 is 17.3 Å². The number of aliphatic hydroxyl groups is 1. The lowest BCUT2D eigenvalue weighted by molar-refractivity contribution is -0.106. The van der Waals surface area contributed by atoms with Crippen molar-refractivity contribution in [2.24, 2.45) is 7.05 Å². The molecule has 0 aliphatic heterocycles. The molecular weight excluding hydrogens is 451 g/mol. The van der Waals surface area contributed by atoms with Crippen LogP contribution in [0.3, 0.4) is 0 Å². The molecule has 0 spiro atoms. The van der Waals surface area contributed by atoms with Gasteiger partial charge < -0.3 is 15.3 Å². The van der Waals surface area contributed by atoms with Gasteiger partial charge in [-0.15, -0.1) is 0 Å². The minimum atomic E-state index is -0.562. The van der Waals surface area contributed by atoms with Crippen molar-refractivity contribution in [3.63, 3.8) is 0 Å². The standard InChI is InChI=1S/C26H29FN4O4/c1-16-7-6-8-19(13-16)31(15-33)23-18(3)25(34)30(5)24(22(23)26(35)29(4)11-12-32)28-21-10-9-17(2)14-20(21)27/h6-10,13-15,28,32H,11-12H2,1-5H3. The summed E-state index contributed by atoms with van der Waals surface area (Å²) >= 11 is 0. The van der Waals surface area contributed by atoms with Crippen LogP contribution < -0.4 is 15.8 Å². The van der Waals surface area contributed by atoms with E-state index in [9.17, 15) is 23.9 Å². The molecule has 3 aromatic rings. The van der Waals surface area contributed by atoms with Crippen molar-refractivity contribution < 1.29 is 19.1 Å². The summed E-state index contributed by atoms with van der Waals surface area (Å²) < 4.78 is 16.0. The summed E-state index contributed by atoms with van der Waals surface area (Å²) in [6.07, 6.45) is 0.537. The molecule has 8 nitrogen and oxygen atoms in total. The number of aliphatic hydroxyl groups excluding tert-OH is 1. The SMILES string of the molecule is Cc1cccc(N(C=O)c2c(C(=O)N(C)CCO)c(Nc3ccc(C)cc3F)n(C)c(=O)c2C)c1. The first kappa shape index (κ1) is 25.6. The second-order valence-corrected chi connectivity index (χ2v) is 8.43. The second-order valence-electron chi connectivity index (χ2n) is 8.43. The summed E-state index contributed by atoms with van der Waals surface area (Å²) in [6, 6.07) is 11.6. The maximum Gasteiger partial charge on any atom is 0.259 e. The van der Waals surface area contributed by atoms with E-state index in [1.807, 2.05) is 13.0 Å². The maximum absolute atomic E-state index is 14.7. The summed E-state index contributed by atoms with van der Waals surface area (Å²) in [5.74, 6) is -1.09. The number of anilines is 4. The Morgan fingerprint density at radius 1 is 1.14 bits per heavy atom. The Morgan fingerprint density at radius 2 is 1.83 bits per heavy atom. The Kier molecular flexibility index (Phi) is 7.71. The monoisotopic (exact) mass is 480 g/mol. The third-order valence-electron chi connectivity index (χ3n) is 5.79. The number of aromatic nitrogens is 1. The molecule has 0 radical (unpaired) electrons. The van der Waals surface area contributed by atoms with Crippen LogP contribution in [0.15, 0.2) is 47.3 Å². The van der Waals surface area contributed by atoms with Gasteiger partial charge in [-0.1, -0.05) is 18.2 Å². The quantitative estimate of drug-likeness (QED) is 0.481.